The summed E-state index contributed by atoms with van der Waals surface area (Å²) in [5, 5.41) is 0.752. The lowest BCUT2D eigenvalue weighted by Gasteiger charge is -2.28. The van der Waals surface area contributed by atoms with Crippen LogP contribution >= 0.6 is 35.6 Å². The number of rotatable bonds is 1. The first-order chi connectivity index (χ1) is 7.75. The van der Waals surface area contributed by atoms with Gasteiger partial charge in [-0.3, -0.25) is 0 Å². The molecule has 1 fully saturated rings. The van der Waals surface area contributed by atoms with Crippen LogP contribution in [0.5, 0.6) is 0 Å². The highest BCUT2D eigenvalue weighted by Gasteiger charge is 2.14. The van der Waals surface area contributed by atoms with E-state index >= 15 is 0 Å². The molecule has 0 radical (unpaired) electrons. The zero-order valence-corrected chi connectivity index (χ0v) is 11.1. The summed E-state index contributed by atoms with van der Waals surface area (Å²) in [6, 6.07) is 7.73. The van der Waals surface area contributed by atoms with E-state index in [1.165, 1.54) is 0 Å². The summed E-state index contributed by atoms with van der Waals surface area (Å²) in [7, 11) is 0. The number of morpholine rings is 1. The smallest absolute Gasteiger partial charge is 0.141 e. The number of benzene rings is 1. The first kappa shape index (κ1) is 12.2. The van der Waals surface area contributed by atoms with Gasteiger partial charge in [0.15, 0.2) is 0 Å². The lowest BCUT2D eigenvalue weighted by atomic mass is 10.4. The first-order valence-corrected chi connectivity index (χ1v) is 6.66. The van der Waals surface area contributed by atoms with Crippen LogP contribution in [0.1, 0.15) is 0 Å². The van der Waals surface area contributed by atoms with Gasteiger partial charge in [-0.1, -0.05) is 35.6 Å². The predicted molar refractivity (Wildman–Crippen MR) is 72.3 cm³/mol. The highest BCUT2D eigenvalue weighted by molar-refractivity contribution is 8.22. The van der Waals surface area contributed by atoms with Gasteiger partial charge < -0.3 is 9.64 Å². The lowest BCUT2D eigenvalue weighted by Crippen LogP contribution is -2.38. The van der Waals surface area contributed by atoms with Gasteiger partial charge in [0.1, 0.15) is 4.32 Å². The molecule has 1 saturated heterocycles. The number of thiocarbonyl (C=S) groups is 1. The van der Waals surface area contributed by atoms with E-state index in [4.69, 9.17) is 28.6 Å². The quantitative estimate of drug-likeness (QED) is 0.576. The van der Waals surface area contributed by atoms with Crippen molar-refractivity contribution in [1.82, 2.24) is 4.90 Å². The van der Waals surface area contributed by atoms with Crippen LogP contribution < -0.4 is 0 Å². The van der Waals surface area contributed by atoms with Gasteiger partial charge in [0.25, 0.3) is 0 Å². The number of nitrogens with zero attached hydrogens (tertiary/aromatic N) is 1. The second-order valence-corrected chi connectivity index (χ2v) is 5.57. The van der Waals surface area contributed by atoms with Crippen molar-refractivity contribution in [1.29, 1.82) is 0 Å². The second kappa shape index (κ2) is 5.87. The van der Waals surface area contributed by atoms with Crippen LogP contribution in [-0.4, -0.2) is 35.5 Å². The highest BCUT2D eigenvalue weighted by atomic mass is 35.5. The Balaban J connectivity index is 1.93. The third kappa shape index (κ3) is 3.35. The molecule has 1 aromatic carbocycles. The molecule has 0 saturated carbocycles. The van der Waals surface area contributed by atoms with Gasteiger partial charge in [-0.25, -0.2) is 0 Å². The van der Waals surface area contributed by atoms with E-state index in [1.54, 1.807) is 11.8 Å². The summed E-state index contributed by atoms with van der Waals surface area (Å²) in [5.41, 5.74) is 0. The van der Waals surface area contributed by atoms with Crippen molar-refractivity contribution >= 4 is 39.9 Å². The van der Waals surface area contributed by atoms with Gasteiger partial charge >= 0.3 is 0 Å². The first-order valence-electron chi connectivity index (χ1n) is 5.06. The summed E-state index contributed by atoms with van der Waals surface area (Å²) in [5.74, 6) is 0. The molecule has 0 amide bonds. The van der Waals surface area contributed by atoms with Crippen LogP contribution in [0.4, 0.5) is 0 Å². The van der Waals surface area contributed by atoms with E-state index in [2.05, 4.69) is 4.90 Å². The molecule has 0 aromatic heterocycles. The van der Waals surface area contributed by atoms with Crippen LogP contribution in [0.2, 0.25) is 5.02 Å². The average molecular weight is 274 g/mol. The molecule has 0 atom stereocenters. The van der Waals surface area contributed by atoms with Gasteiger partial charge in [-0.05, 0) is 24.3 Å². The molecule has 0 unspecified atom stereocenters. The number of ether oxygens (including phenoxy) is 1. The number of halogens is 1. The summed E-state index contributed by atoms with van der Waals surface area (Å²) >= 11 is 12.8. The van der Waals surface area contributed by atoms with Crippen LogP contribution in [0.15, 0.2) is 29.2 Å². The molecule has 0 N–H and O–H groups in total. The van der Waals surface area contributed by atoms with Gasteiger partial charge in [0, 0.05) is 23.0 Å². The van der Waals surface area contributed by atoms with E-state index in [9.17, 15) is 0 Å². The zero-order valence-electron chi connectivity index (χ0n) is 8.69. The van der Waals surface area contributed by atoms with Crippen molar-refractivity contribution < 1.29 is 4.74 Å². The molecule has 16 heavy (non-hydrogen) atoms. The van der Waals surface area contributed by atoms with Crippen molar-refractivity contribution in [2.75, 3.05) is 26.3 Å². The van der Waals surface area contributed by atoms with E-state index in [-0.39, 0.29) is 0 Å². The second-order valence-electron chi connectivity index (χ2n) is 3.42. The Kier molecular flexibility index (Phi) is 4.46. The van der Waals surface area contributed by atoms with Crippen LogP contribution in [0.3, 0.4) is 0 Å². The van der Waals surface area contributed by atoms with Crippen LogP contribution in [0, 0.1) is 0 Å². The molecular weight excluding hydrogens is 262 g/mol. The molecular formula is C11H12ClNOS2. The summed E-state index contributed by atoms with van der Waals surface area (Å²) in [6.07, 6.45) is 0. The summed E-state index contributed by atoms with van der Waals surface area (Å²) in [6.45, 7) is 3.31. The van der Waals surface area contributed by atoms with Crippen molar-refractivity contribution in [2.45, 2.75) is 4.90 Å². The standard InChI is InChI=1S/C11H12ClNOS2/c12-9-1-3-10(4-2-9)16-11(15)13-5-7-14-8-6-13/h1-4H,5-8H2. The minimum atomic E-state index is 0.752. The Morgan fingerprint density at radius 1 is 1.25 bits per heavy atom. The molecule has 0 aliphatic carbocycles. The molecule has 2 nitrogen and oxygen atoms in total. The van der Waals surface area contributed by atoms with Crippen LogP contribution in [-0.2, 0) is 4.74 Å². The highest BCUT2D eigenvalue weighted by Crippen LogP contribution is 2.23. The van der Waals surface area contributed by atoms with E-state index in [0.717, 1.165) is 40.5 Å². The Hall–Kier alpha value is -0.290. The maximum absolute atomic E-state index is 5.83. The van der Waals surface area contributed by atoms with E-state index in [1.807, 2.05) is 24.3 Å². The summed E-state index contributed by atoms with van der Waals surface area (Å²) in [4.78, 5) is 3.30. The number of hydrogen-bond acceptors (Lipinski definition) is 3. The lowest BCUT2D eigenvalue weighted by molar-refractivity contribution is 0.0702. The van der Waals surface area contributed by atoms with Crippen molar-refractivity contribution in [3.63, 3.8) is 0 Å². The average Bonchev–Trinajstić information content (AvgIpc) is 2.33. The zero-order chi connectivity index (χ0) is 11.4. The number of thioether (sulfide) groups is 1. The molecule has 1 aliphatic rings. The molecule has 86 valence electrons. The fourth-order valence-electron chi connectivity index (χ4n) is 1.41. The van der Waals surface area contributed by atoms with E-state index < -0.39 is 0 Å². The normalized spacial score (nSPS) is 16.2. The van der Waals surface area contributed by atoms with Crippen molar-refractivity contribution in [3.8, 4) is 0 Å². The topological polar surface area (TPSA) is 12.5 Å². The van der Waals surface area contributed by atoms with Gasteiger partial charge in [0.05, 0.1) is 13.2 Å². The Morgan fingerprint density at radius 2 is 1.88 bits per heavy atom. The Labute approximate surface area is 110 Å². The molecule has 1 aromatic rings. The van der Waals surface area contributed by atoms with Gasteiger partial charge in [-0.2, -0.15) is 0 Å². The molecule has 0 bridgehead atoms. The Bertz CT molecular complexity index is 363. The van der Waals surface area contributed by atoms with Gasteiger partial charge in [-0.15, -0.1) is 0 Å². The minimum Gasteiger partial charge on any atom is -0.378 e. The molecule has 2 rings (SSSR count). The maximum Gasteiger partial charge on any atom is 0.141 e. The fraction of sp³-hybridized carbons (Fsp3) is 0.364. The van der Waals surface area contributed by atoms with Crippen molar-refractivity contribution in [3.05, 3.63) is 29.3 Å². The maximum atomic E-state index is 5.83. The SMILES string of the molecule is S=C(Sc1ccc(Cl)cc1)N1CCOCC1. The van der Waals surface area contributed by atoms with Crippen LogP contribution in [0.25, 0.3) is 0 Å². The third-order valence-electron chi connectivity index (χ3n) is 2.29. The number of hydrogen-bond donors (Lipinski definition) is 0. The van der Waals surface area contributed by atoms with Gasteiger partial charge in [0.2, 0.25) is 0 Å². The largest absolute Gasteiger partial charge is 0.378 e. The molecule has 1 heterocycles. The third-order valence-corrected chi connectivity index (χ3v) is 3.99. The predicted octanol–water partition coefficient (Wildman–Crippen LogP) is 3.05. The van der Waals surface area contributed by atoms with E-state index in [0.29, 0.717) is 0 Å². The molecule has 5 heteroatoms. The molecule has 0 spiro atoms. The monoisotopic (exact) mass is 273 g/mol. The fourth-order valence-corrected chi connectivity index (χ4v) is 2.80. The summed E-state index contributed by atoms with van der Waals surface area (Å²) < 4.78 is 6.20. The molecule has 1 aliphatic heterocycles. The van der Waals surface area contributed by atoms with Crippen molar-refractivity contribution in [2.24, 2.45) is 0 Å². The minimum absolute atomic E-state index is 0.752. The Morgan fingerprint density at radius 3 is 2.50 bits per heavy atom.